The van der Waals surface area contributed by atoms with E-state index in [1.165, 1.54) is 12.8 Å². The van der Waals surface area contributed by atoms with Gasteiger partial charge in [-0.3, -0.25) is 4.84 Å². The van der Waals surface area contributed by atoms with Crippen molar-refractivity contribution in [3.05, 3.63) is 0 Å². The average Bonchev–Trinajstić information content (AvgIpc) is 3.02. The fourth-order valence-electron chi connectivity index (χ4n) is 0.693. The van der Waals surface area contributed by atoms with Crippen LogP contribution in [0, 0.1) is 0 Å². The highest BCUT2D eigenvalue weighted by Crippen LogP contribution is 2.18. The van der Waals surface area contributed by atoms with Gasteiger partial charge in [-0.25, -0.2) is 0 Å². The van der Waals surface area contributed by atoms with Gasteiger partial charge in [0, 0.05) is 27.4 Å². The predicted octanol–water partition coefficient (Wildman–Crippen LogP) is -0.382. The molecule has 0 aromatic carbocycles. The lowest BCUT2D eigenvalue weighted by Crippen LogP contribution is -2.29. The van der Waals surface area contributed by atoms with Crippen molar-refractivity contribution in [1.29, 1.82) is 0 Å². The number of nitrogens with two attached hydrogens (primary N) is 1. The van der Waals surface area contributed by atoms with Gasteiger partial charge in [0.2, 0.25) is 0 Å². The molecule has 1 atom stereocenters. The zero-order valence-electron chi connectivity index (χ0n) is 9.86. The van der Waals surface area contributed by atoms with Gasteiger partial charge in [0.05, 0.1) is 0 Å². The fraction of sp³-hybridized carbons (Fsp3) is 1.00. The van der Waals surface area contributed by atoms with Crippen LogP contribution in [0.15, 0.2) is 0 Å². The quantitative estimate of drug-likeness (QED) is 0.373. The van der Waals surface area contributed by atoms with Crippen LogP contribution in [0.3, 0.4) is 0 Å². The summed E-state index contributed by atoms with van der Waals surface area (Å²) in [4.78, 5) is 4.89. The second-order valence-electron chi connectivity index (χ2n) is 3.21. The van der Waals surface area contributed by atoms with Gasteiger partial charge < -0.3 is 19.0 Å². The summed E-state index contributed by atoms with van der Waals surface area (Å²) in [6, 6.07) is 0.584. The standard InChI is InChI=1S/C5H12N2O.C3H10O3Si/c1-4(6)8-7-5-2-3-5;1-4-7(5-2)6-3/h4-5,7H,2-3,6H2,1H3;7H,1-3H3. The Morgan fingerprint density at radius 2 is 1.67 bits per heavy atom. The van der Waals surface area contributed by atoms with E-state index in [1.807, 2.05) is 0 Å². The SMILES string of the molecule is CC(N)ONC1CC1.CO[SiH](OC)OC. The second-order valence-corrected chi connectivity index (χ2v) is 5.20. The zero-order chi connectivity index (χ0) is 11.7. The summed E-state index contributed by atoms with van der Waals surface area (Å²) in [7, 11) is 3.05. The molecule has 1 aliphatic carbocycles. The number of rotatable bonds is 6. The summed E-state index contributed by atoms with van der Waals surface area (Å²) < 4.78 is 14.2. The van der Waals surface area contributed by atoms with E-state index >= 15 is 0 Å². The topological polar surface area (TPSA) is 75.0 Å². The van der Waals surface area contributed by atoms with Crippen molar-refractivity contribution in [2.75, 3.05) is 21.3 Å². The molecule has 0 bridgehead atoms. The Kier molecular flexibility index (Phi) is 9.21. The Bertz CT molecular complexity index is 135. The first-order chi connectivity index (χ1) is 7.13. The third kappa shape index (κ3) is 10.3. The molecule has 6 nitrogen and oxygen atoms in total. The number of hydroxylamine groups is 1. The van der Waals surface area contributed by atoms with Crippen molar-refractivity contribution >= 4 is 9.53 Å². The Labute approximate surface area is 92.9 Å². The van der Waals surface area contributed by atoms with Crippen molar-refractivity contribution in [2.45, 2.75) is 32.0 Å². The van der Waals surface area contributed by atoms with Crippen LogP contribution < -0.4 is 11.2 Å². The zero-order valence-corrected chi connectivity index (χ0v) is 11.0. The second kappa shape index (κ2) is 9.22. The molecular weight excluding hydrogens is 216 g/mol. The molecule has 3 N–H and O–H groups in total. The van der Waals surface area contributed by atoms with Gasteiger partial charge in [-0.1, -0.05) is 0 Å². The van der Waals surface area contributed by atoms with Gasteiger partial charge in [-0.15, -0.1) is 0 Å². The predicted molar refractivity (Wildman–Crippen MR) is 59.1 cm³/mol. The molecular formula is C8H22N2O4Si. The third-order valence-corrected chi connectivity index (χ3v) is 2.73. The molecule has 0 spiro atoms. The van der Waals surface area contributed by atoms with E-state index in [1.54, 1.807) is 28.3 Å². The lowest BCUT2D eigenvalue weighted by molar-refractivity contribution is -0.0154. The van der Waals surface area contributed by atoms with Crippen LogP contribution in [0.25, 0.3) is 0 Å². The Hall–Kier alpha value is -0.0231. The van der Waals surface area contributed by atoms with Gasteiger partial charge >= 0.3 is 9.53 Å². The summed E-state index contributed by atoms with van der Waals surface area (Å²) in [5.41, 5.74) is 8.11. The molecule has 1 unspecified atom stereocenters. The molecule has 1 aliphatic rings. The summed E-state index contributed by atoms with van der Waals surface area (Å²) in [6.45, 7) is 1.80. The Balaban J connectivity index is 0.000000265. The van der Waals surface area contributed by atoms with Gasteiger partial charge in [-0.2, -0.15) is 5.48 Å². The molecule has 1 saturated carbocycles. The molecule has 0 aromatic rings. The molecule has 0 saturated heterocycles. The van der Waals surface area contributed by atoms with Gasteiger partial charge in [-0.05, 0) is 19.8 Å². The first kappa shape index (κ1) is 15.0. The molecule has 1 rings (SSSR count). The van der Waals surface area contributed by atoms with E-state index in [9.17, 15) is 0 Å². The minimum Gasteiger partial charge on any atom is -0.379 e. The van der Waals surface area contributed by atoms with Crippen LogP contribution >= 0.6 is 0 Å². The van der Waals surface area contributed by atoms with Crippen molar-refractivity contribution < 1.29 is 18.1 Å². The van der Waals surface area contributed by atoms with Crippen LogP contribution in [0.4, 0.5) is 0 Å². The molecule has 92 valence electrons. The maximum Gasteiger partial charge on any atom is 0.483 e. The van der Waals surface area contributed by atoms with Crippen molar-refractivity contribution in [3.63, 3.8) is 0 Å². The highest BCUT2D eigenvalue weighted by molar-refractivity contribution is 6.36. The molecule has 1 fully saturated rings. The van der Waals surface area contributed by atoms with Gasteiger partial charge in [0.1, 0.15) is 6.23 Å². The summed E-state index contributed by atoms with van der Waals surface area (Å²) >= 11 is 0. The molecule has 0 radical (unpaired) electrons. The minimum absolute atomic E-state index is 0.185. The highest BCUT2D eigenvalue weighted by Gasteiger charge is 2.21. The highest BCUT2D eigenvalue weighted by atomic mass is 28.3. The largest absolute Gasteiger partial charge is 0.483 e. The molecule has 7 heteroatoms. The molecule has 0 amide bonds. The van der Waals surface area contributed by atoms with E-state index in [2.05, 4.69) is 5.48 Å². The number of nitrogens with one attached hydrogen (secondary N) is 1. The van der Waals surface area contributed by atoms with Crippen LogP contribution in [0.1, 0.15) is 19.8 Å². The normalized spacial score (nSPS) is 17.2. The van der Waals surface area contributed by atoms with E-state index in [0.29, 0.717) is 6.04 Å². The van der Waals surface area contributed by atoms with E-state index in [-0.39, 0.29) is 6.23 Å². The maximum atomic E-state index is 5.28. The summed E-state index contributed by atoms with van der Waals surface area (Å²) in [6.07, 6.45) is 2.27. The van der Waals surface area contributed by atoms with E-state index < -0.39 is 9.53 Å². The van der Waals surface area contributed by atoms with E-state index in [4.69, 9.17) is 23.8 Å². The molecule has 0 aromatic heterocycles. The first-order valence-electron chi connectivity index (χ1n) is 4.89. The van der Waals surface area contributed by atoms with Crippen LogP contribution in [0.2, 0.25) is 0 Å². The Morgan fingerprint density at radius 1 is 1.20 bits per heavy atom. The molecule has 15 heavy (non-hydrogen) atoms. The maximum absolute atomic E-state index is 5.28. The smallest absolute Gasteiger partial charge is 0.379 e. The monoisotopic (exact) mass is 238 g/mol. The number of hydrogen-bond acceptors (Lipinski definition) is 6. The van der Waals surface area contributed by atoms with Gasteiger partial charge in [0.15, 0.2) is 0 Å². The summed E-state index contributed by atoms with van der Waals surface area (Å²) in [5, 5.41) is 0. The lowest BCUT2D eigenvalue weighted by Gasteiger charge is -2.05. The van der Waals surface area contributed by atoms with Crippen molar-refractivity contribution in [3.8, 4) is 0 Å². The number of hydrogen-bond donors (Lipinski definition) is 2. The lowest BCUT2D eigenvalue weighted by atomic mass is 10.7. The van der Waals surface area contributed by atoms with Crippen LogP contribution in [-0.2, 0) is 18.1 Å². The van der Waals surface area contributed by atoms with Gasteiger partial charge in [0.25, 0.3) is 0 Å². The summed E-state index contributed by atoms with van der Waals surface area (Å²) in [5.74, 6) is 0. The van der Waals surface area contributed by atoms with Crippen LogP contribution in [0.5, 0.6) is 0 Å². The first-order valence-corrected chi connectivity index (χ1v) is 6.30. The van der Waals surface area contributed by atoms with Crippen molar-refractivity contribution in [2.24, 2.45) is 5.73 Å². The molecule has 0 heterocycles. The average molecular weight is 238 g/mol. The minimum atomic E-state index is -1.67. The Morgan fingerprint density at radius 3 is 1.87 bits per heavy atom. The van der Waals surface area contributed by atoms with E-state index in [0.717, 1.165) is 0 Å². The fourth-order valence-corrected chi connectivity index (χ4v) is 1.27. The van der Waals surface area contributed by atoms with Crippen LogP contribution in [-0.4, -0.2) is 43.1 Å². The molecule has 0 aliphatic heterocycles. The van der Waals surface area contributed by atoms with Crippen molar-refractivity contribution in [1.82, 2.24) is 5.48 Å². The third-order valence-electron chi connectivity index (χ3n) is 1.58.